The number of carbonyl (C=O) groups excluding carboxylic acids is 1. The van der Waals surface area contributed by atoms with Gasteiger partial charge >= 0.3 is 0 Å². The molecule has 2 heterocycles. The average Bonchev–Trinajstić information content (AvgIpc) is 3.30. The molecule has 1 aliphatic heterocycles. The number of thioether (sulfide) groups is 1. The van der Waals surface area contributed by atoms with Crippen LogP contribution in [0.1, 0.15) is 35.2 Å². The number of nitrogens with zero attached hydrogens (tertiary/aromatic N) is 3. The summed E-state index contributed by atoms with van der Waals surface area (Å²) in [6.07, 6.45) is 0. The van der Waals surface area contributed by atoms with Crippen LogP contribution in [0.3, 0.4) is 0 Å². The fraction of sp³-hybridized carbons (Fsp3) is 0.207. The highest BCUT2D eigenvalue weighted by Gasteiger charge is 2.34. The molecule has 1 atom stereocenters. The van der Waals surface area contributed by atoms with Crippen LogP contribution in [0, 0.1) is 13.8 Å². The predicted octanol–water partition coefficient (Wildman–Crippen LogP) is 6.12. The van der Waals surface area contributed by atoms with Crippen LogP contribution in [0.15, 0.2) is 89.2 Å². The average molecular weight is 512 g/mol. The number of anilines is 2. The zero-order chi connectivity index (χ0) is 25.9. The Balaban J connectivity index is 1.46. The maximum Gasteiger partial charge on any atom is 0.255 e. The number of rotatable bonds is 7. The van der Waals surface area contributed by atoms with Crippen molar-refractivity contribution >= 4 is 29.3 Å². The van der Waals surface area contributed by atoms with E-state index in [1.807, 2.05) is 54.9 Å². The highest BCUT2D eigenvalue weighted by molar-refractivity contribution is 7.98. The molecule has 1 aliphatic rings. The quantitative estimate of drug-likeness (QED) is 0.291. The van der Waals surface area contributed by atoms with Crippen LogP contribution in [0.2, 0.25) is 0 Å². The van der Waals surface area contributed by atoms with Gasteiger partial charge in [-0.05, 0) is 56.2 Å². The summed E-state index contributed by atoms with van der Waals surface area (Å²) in [4.78, 5) is 18.4. The number of amides is 1. The first kappa shape index (κ1) is 24.6. The molecule has 2 N–H and O–H groups in total. The van der Waals surface area contributed by atoms with Crippen molar-refractivity contribution in [1.82, 2.24) is 14.8 Å². The Kier molecular flexibility index (Phi) is 7.01. The van der Waals surface area contributed by atoms with E-state index in [4.69, 9.17) is 14.8 Å². The maximum atomic E-state index is 13.6. The van der Waals surface area contributed by atoms with Crippen molar-refractivity contribution in [2.75, 3.05) is 17.7 Å². The fourth-order valence-corrected chi connectivity index (χ4v) is 5.14. The molecule has 0 fully saturated rings. The summed E-state index contributed by atoms with van der Waals surface area (Å²) in [5.74, 6) is 1.91. The van der Waals surface area contributed by atoms with Crippen LogP contribution >= 0.6 is 11.8 Å². The summed E-state index contributed by atoms with van der Waals surface area (Å²) in [7, 11) is 1.62. The summed E-state index contributed by atoms with van der Waals surface area (Å²) in [6.45, 7) is 6.04. The van der Waals surface area contributed by atoms with E-state index in [0.29, 0.717) is 22.4 Å². The summed E-state index contributed by atoms with van der Waals surface area (Å²) in [5, 5.41) is 11.8. The number of benzene rings is 3. The highest BCUT2D eigenvalue weighted by Crippen LogP contribution is 2.37. The lowest BCUT2D eigenvalue weighted by molar-refractivity contribution is -0.113. The molecule has 4 aromatic rings. The number of fused-ring (bicyclic) bond motifs is 1. The number of hydrogen-bond donors (Lipinski definition) is 2. The van der Waals surface area contributed by atoms with Gasteiger partial charge in [0.25, 0.3) is 5.91 Å². The van der Waals surface area contributed by atoms with Crippen LogP contribution < -0.4 is 15.4 Å². The van der Waals surface area contributed by atoms with E-state index in [2.05, 4.69) is 54.0 Å². The Morgan fingerprint density at radius 1 is 1.03 bits per heavy atom. The van der Waals surface area contributed by atoms with Gasteiger partial charge in [0.05, 0.1) is 12.7 Å². The summed E-state index contributed by atoms with van der Waals surface area (Å²) < 4.78 is 7.05. The second-order valence-corrected chi connectivity index (χ2v) is 10.0. The largest absolute Gasteiger partial charge is 0.497 e. The molecule has 0 unspecified atom stereocenters. The molecule has 3 aromatic carbocycles. The first-order valence-electron chi connectivity index (χ1n) is 12.1. The maximum absolute atomic E-state index is 13.6. The Hall–Kier alpha value is -4.04. The monoisotopic (exact) mass is 511 g/mol. The van der Waals surface area contributed by atoms with Crippen molar-refractivity contribution in [1.29, 1.82) is 0 Å². The minimum atomic E-state index is -0.420. The number of nitrogens with one attached hydrogen (secondary N) is 2. The van der Waals surface area contributed by atoms with Crippen molar-refractivity contribution in [3.05, 3.63) is 106 Å². The van der Waals surface area contributed by atoms with Gasteiger partial charge in [0.1, 0.15) is 11.8 Å². The third kappa shape index (κ3) is 5.39. The number of aryl methyl sites for hydroxylation is 2. The standard InChI is InChI=1S/C29H29N5O2S/c1-18-8-10-22(11-9-18)26-25(27(35)31-23-12-14-24(36-4)15-13-23)20(3)30-28-32-29(33-34(26)28)37-17-21-7-5-6-19(2)16-21/h5-16,26H,17H2,1-4H3,(H,31,35)(H,30,32,33)/t26-/m1/s1. The normalized spacial score (nSPS) is 14.6. The second-order valence-electron chi connectivity index (χ2n) is 9.10. The zero-order valence-electron chi connectivity index (χ0n) is 21.3. The molecular formula is C29H29N5O2S. The van der Waals surface area contributed by atoms with Gasteiger partial charge in [-0.15, -0.1) is 5.10 Å². The Morgan fingerprint density at radius 2 is 1.78 bits per heavy atom. The Labute approximate surface area is 221 Å². The van der Waals surface area contributed by atoms with Gasteiger partial charge in [0, 0.05) is 17.1 Å². The van der Waals surface area contributed by atoms with E-state index in [0.717, 1.165) is 28.3 Å². The first-order chi connectivity index (χ1) is 17.9. The van der Waals surface area contributed by atoms with E-state index in [1.165, 1.54) is 11.1 Å². The van der Waals surface area contributed by atoms with Gasteiger partial charge in [-0.25, -0.2) is 4.68 Å². The van der Waals surface area contributed by atoms with Gasteiger partial charge in [0.2, 0.25) is 11.1 Å². The molecule has 0 spiro atoms. The van der Waals surface area contributed by atoms with Crippen LogP contribution in [0.5, 0.6) is 5.75 Å². The minimum absolute atomic E-state index is 0.198. The van der Waals surface area contributed by atoms with Crippen molar-refractivity contribution in [3.63, 3.8) is 0 Å². The highest BCUT2D eigenvalue weighted by atomic mass is 32.2. The molecule has 7 nitrogen and oxygen atoms in total. The van der Waals surface area contributed by atoms with E-state index < -0.39 is 6.04 Å². The van der Waals surface area contributed by atoms with Crippen molar-refractivity contribution in [2.45, 2.75) is 37.7 Å². The fourth-order valence-electron chi connectivity index (χ4n) is 4.37. The number of methoxy groups -OCH3 is 1. The molecule has 0 aliphatic carbocycles. The van der Waals surface area contributed by atoms with Gasteiger partial charge < -0.3 is 15.4 Å². The lowest BCUT2D eigenvalue weighted by Crippen LogP contribution is -2.31. The van der Waals surface area contributed by atoms with Crippen LogP contribution in [-0.2, 0) is 10.5 Å². The number of hydrogen-bond acceptors (Lipinski definition) is 6. The number of carbonyl (C=O) groups is 1. The van der Waals surface area contributed by atoms with Crippen molar-refractivity contribution in [2.24, 2.45) is 0 Å². The van der Waals surface area contributed by atoms with E-state index in [-0.39, 0.29) is 5.91 Å². The molecule has 0 saturated carbocycles. The molecule has 37 heavy (non-hydrogen) atoms. The lowest BCUT2D eigenvalue weighted by Gasteiger charge is -2.28. The van der Waals surface area contributed by atoms with Crippen LogP contribution in [0.25, 0.3) is 0 Å². The molecule has 5 rings (SSSR count). The van der Waals surface area contributed by atoms with Crippen molar-refractivity contribution < 1.29 is 9.53 Å². The summed E-state index contributed by atoms with van der Waals surface area (Å²) in [6, 6.07) is 23.5. The molecule has 1 amide bonds. The minimum Gasteiger partial charge on any atom is -0.497 e. The molecule has 0 bridgehead atoms. The number of allylic oxidation sites excluding steroid dienone is 1. The SMILES string of the molecule is COc1ccc(NC(=O)C2=C(C)Nc3nc(SCc4cccc(C)c4)nn3[C@@H]2c2ccc(C)cc2)cc1. The second kappa shape index (κ2) is 10.5. The number of ether oxygens (including phenoxy) is 1. The van der Waals surface area contributed by atoms with Crippen LogP contribution in [0.4, 0.5) is 11.6 Å². The molecule has 0 radical (unpaired) electrons. The van der Waals surface area contributed by atoms with Crippen LogP contribution in [-0.4, -0.2) is 27.8 Å². The third-order valence-corrected chi connectivity index (χ3v) is 7.18. The third-order valence-electron chi connectivity index (χ3n) is 6.27. The van der Waals surface area contributed by atoms with Gasteiger partial charge in [-0.2, -0.15) is 4.98 Å². The molecule has 1 aromatic heterocycles. The summed E-state index contributed by atoms with van der Waals surface area (Å²) >= 11 is 1.58. The molecular weight excluding hydrogens is 482 g/mol. The molecule has 188 valence electrons. The van der Waals surface area contributed by atoms with E-state index in [9.17, 15) is 4.79 Å². The smallest absolute Gasteiger partial charge is 0.255 e. The Bertz CT molecular complexity index is 1460. The summed E-state index contributed by atoms with van der Waals surface area (Å²) in [5.41, 5.74) is 6.58. The van der Waals surface area contributed by atoms with Gasteiger partial charge in [-0.1, -0.05) is 71.4 Å². The van der Waals surface area contributed by atoms with Gasteiger partial charge in [0.15, 0.2) is 0 Å². The van der Waals surface area contributed by atoms with Gasteiger partial charge in [-0.3, -0.25) is 4.79 Å². The topological polar surface area (TPSA) is 81.1 Å². The Morgan fingerprint density at radius 3 is 2.49 bits per heavy atom. The molecule has 8 heteroatoms. The van der Waals surface area contributed by atoms with Crippen molar-refractivity contribution in [3.8, 4) is 5.75 Å². The predicted molar refractivity (Wildman–Crippen MR) is 148 cm³/mol. The first-order valence-corrected chi connectivity index (χ1v) is 13.0. The lowest BCUT2D eigenvalue weighted by atomic mass is 9.94. The van der Waals surface area contributed by atoms with E-state index in [1.54, 1.807) is 18.9 Å². The molecule has 0 saturated heterocycles. The van der Waals surface area contributed by atoms with E-state index >= 15 is 0 Å². The zero-order valence-corrected chi connectivity index (χ0v) is 22.1. The number of aromatic nitrogens is 3.